The van der Waals surface area contributed by atoms with Crippen molar-refractivity contribution in [3.8, 4) is 11.1 Å². The first-order valence-corrected chi connectivity index (χ1v) is 4.87. The molecule has 1 heteroatoms. The van der Waals surface area contributed by atoms with Gasteiger partial charge in [-0.2, -0.15) is 0 Å². The fourth-order valence-corrected chi connectivity index (χ4v) is 1.41. The van der Waals surface area contributed by atoms with Gasteiger partial charge in [0.15, 0.2) is 0 Å². The summed E-state index contributed by atoms with van der Waals surface area (Å²) in [6, 6.07) is 2.26. The van der Waals surface area contributed by atoms with Gasteiger partial charge in [-0.1, -0.05) is 0 Å². The van der Waals surface area contributed by atoms with Crippen LogP contribution in [0.1, 0.15) is 30.5 Å². The number of aliphatic hydroxyl groups excluding tert-OH is 1. The van der Waals surface area contributed by atoms with Crippen molar-refractivity contribution in [1.82, 2.24) is 0 Å². The van der Waals surface area contributed by atoms with Crippen LogP contribution >= 0.6 is 0 Å². The third-order valence-electron chi connectivity index (χ3n) is 2.69. The fraction of sp³-hybridized carbons (Fsp3) is 0.385. The third kappa shape index (κ3) is 1.98. The Bertz CT molecular complexity index is 356. The maximum absolute atomic E-state index is 7.98. The van der Waals surface area contributed by atoms with Crippen LogP contribution in [0.4, 0.5) is 0 Å². The molecule has 0 aromatic rings. The molecular weight excluding hydrogens is 172 g/mol. The van der Waals surface area contributed by atoms with E-state index in [9.17, 15) is 0 Å². The minimum atomic E-state index is 0.935. The van der Waals surface area contributed by atoms with E-state index in [-0.39, 0.29) is 0 Å². The Morgan fingerprint density at radius 1 is 1.00 bits per heavy atom. The maximum atomic E-state index is 7.98. The molecule has 2 rings (SSSR count). The van der Waals surface area contributed by atoms with Gasteiger partial charge in [-0.25, -0.2) is 0 Å². The monoisotopic (exact) mass is 190 g/mol. The van der Waals surface area contributed by atoms with E-state index in [1.165, 1.54) is 27.8 Å². The minimum Gasteiger partial charge on any atom is -0.516 e. The molecule has 0 saturated heterocycles. The van der Waals surface area contributed by atoms with Crippen molar-refractivity contribution in [2.24, 2.45) is 0 Å². The summed E-state index contributed by atoms with van der Waals surface area (Å²) in [6.45, 7) is 10.3. The number of hydrogen-bond acceptors (Lipinski definition) is 1. The third-order valence-corrected chi connectivity index (χ3v) is 2.69. The lowest BCUT2D eigenvalue weighted by atomic mass is 10.2. The molecule has 0 aliphatic heterocycles. The van der Waals surface area contributed by atoms with Gasteiger partial charge in [-0.3, -0.25) is 0 Å². The van der Waals surface area contributed by atoms with Crippen molar-refractivity contribution >= 4 is 0 Å². The Morgan fingerprint density at radius 2 is 1.36 bits per heavy atom. The normalized spacial score (nSPS) is 10.1. The van der Waals surface area contributed by atoms with Crippen LogP contribution in [-0.2, 0) is 0 Å². The van der Waals surface area contributed by atoms with Crippen molar-refractivity contribution in [1.29, 1.82) is 0 Å². The smallest absolute Gasteiger partial charge is 0.0778 e. The maximum Gasteiger partial charge on any atom is 0.0778 e. The van der Waals surface area contributed by atoms with Gasteiger partial charge in [0, 0.05) is 0 Å². The zero-order valence-electron chi connectivity index (χ0n) is 9.60. The molecule has 14 heavy (non-hydrogen) atoms. The van der Waals surface area contributed by atoms with Gasteiger partial charge in [0.1, 0.15) is 0 Å². The summed E-state index contributed by atoms with van der Waals surface area (Å²) in [4.78, 5) is 0. The van der Waals surface area contributed by atoms with Gasteiger partial charge in [0.2, 0.25) is 0 Å². The van der Waals surface area contributed by atoms with Crippen LogP contribution in [0, 0.1) is 20.8 Å². The lowest BCUT2D eigenvalue weighted by molar-refractivity contribution is 0.467. The number of hydrogen-bond donors (Lipinski definition) is 1. The molecule has 0 aromatic heterocycles. The average Bonchev–Trinajstić information content (AvgIpc) is 2.90. The van der Waals surface area contributed by atoms with E-state index in [1.54, 1.807) is 0 Å². The minimum absolute atomic E-state index is 0.935. The summed E-state index contributed by atoms with van der Waals surface area (Å²) in [7, 11) is 0. The molecule has 1 N–H and O–H groups in total. The van der Waals surface area contributed by atoms with Crippen LogP contribution in [-0.4, -0.2) is 5.11 Å². The first kappa shape index (κ1) is 10.8. The Kier molecular flexibility index (Phi) is 3.00. The van der Waals surface area contributed by atoms with E-state index < -0.39 is 0 Å². The molecule has 0 radical (unpaired) electrons. The van der Waals surface area contributed by atoms with Crippen LogP contribution in [0.5, 0.6) is 0 Å². The standard InChI is InChI=1S/C9H10.C4H8O/c1-5-6(2)8-4-9(8)7(5)3;1-4(2)3-5/h4H,1-3H3;3,5H,1-2H3. The van der Waals surface area contributed by atoms with Crippen molar-refractivity contribution in [3.05, 3.63) is 34.6 Å². The van der Waals surface area contributed by atoms with Crippen LogP contribution in [0.25, 0.3) is 11.1 Å². The van der Waals surface area contributed by atoms with Crippen LogP contribution in [0.15, 0.2) is 17.9 Å². The predicted octanol–water partition coefficient (Wildman–Crippen LogP) is 4.06. The summed E-state index contributed by atoms with van der Waals surface area (Å²) in [5, 5.41) is 7.98. The molecule has 0 heterocycles. The molecular formula is C13H18O. The van der Waals surface area contributed by atoms with Gasteiger partial charge in [-0.15, -0.1) is 0 Å². The Hall–Kier alpha value is -1.24. The second-order valence-electron chi connectivity index (χ2n) is 4.05. The van der Waals surface area contributed by atoms with Gasteiger partial charge < -0.3 is 5.11 Å². The number of allylic oxidation sites excluding steroid dienone is 1. The molecule has 0 bridgehead atoms. The predicted molar refractivity (Wildman–Crippen MR) is 61.7 cm³/mol. The van der Waals surface area contributed by atoms with E-state index in [4.69, 9.17) is 5.11 Å². The zero-order valence-corrected chi connectivity index (χ0v) is 9.60. The highest BCUT2D eigenvalue weighted by Gasteiger charge is 2.21. The number of rotatable bonds is 0. The van der Waals surface area contributed by atoms with Crippen LogP contribution < -0.4 is 0 Å². The molecule has 76 valence electrons. The van der Waals surface area contributed by atoms with E-state index in [0.29, 0.717) is 0 Å². The molecule has 2 aliphatic carbocycles. The highest BCUT2D eigenvalue weighted by atomic mass is 16.2. The molecule has 1 nitrogen and oxygen atoms in total. The van der Waals surface area contributed by atoms with Crippen molar-refractivity contribution in [3.63, 3.8) is 0 Å². The zero-order chi connectivity index (χ0) is 10.9. The van der Waals surface area contributed by atoms with E-state index >= 15 is 0 Å². The van der Waals surface area contributed by atoms with Gasteiger partial charge in [0.05, 0.1) is 6.26 Å². The first-order valence-electron chi connectivity index (χ1n) is 4.87. The molecule has 0 aromatic carbocycles. The van der Waals surface area contributed by atoms with Crippen molar-refractivity contribution < 1.29 is 5.11 Å². The van der Waals surface area contributed by atoms with Gasteiger partial charge in [0.25, 0.3) is 0 Å². The highest BCUT2D eigenvalue weighted by molar-refractivity contribution is 5.89. The van der Waals surface area contributed by atoms with E-state index in [1.807, 2.05) is 13.8 Å². The second kappa shape index (κ2) is 3.87. The largest absolute Gasteiger partial charge is 0.516 e. The van der Waals surface area contributed by atoms with Crippen molar-refractivity contribution in [2.75, 3.05) is 0 Å². The number of fused-ring (bicyclic) bond motifs is 1. The summed E-state index contributed by atoms with van der Waals surface area (Å²) in [5.41, 5.74) is 8.41. The lowest BCUT2D eigenvalue weighted by Crippen LogP contribution is -1.72. The van der Waals surface area contributed by atoms with Crippen molar-refractivity contribution in [2.45, 2.75) is 34.6 Å². The molecule has 0 spiro atoms. The summed E-state index contributed by atoms with van der Waals surface area (Å²) in [5.74, 6) is 0. The SMILES string of the molecule is CC(C)=CO.Cc1c2cc-2c(C)c1C. The van der Waals surface area contributed by atoms with Crippen LogP contribution in [0.3, 0.4) is 0 Å². The fourth-order valence-electron chi connectivity index (χ4n) is 1.41. The molecule has 0 amide bonds. The summed E-state index contributed by atoms with van der Waals surface area (Å²) in [6.07, 6.45) is 1.08. The first-order chi connectivity index (χ1) is 6.49. The lowest BCUT2D eigenvalue weighted by Gasteiger charge is -1.90. The number of benzene rings is 1. The Labute approximate surface area is 86.1 Å². The van der Waals surface area contributed by atoms with E-state index in [2.05, 4.69) is 26.8 Å². The topological polar surface area (TPSA) is 20.2 Å². The molecule has 0 unspecified atom stereocenters. The summed E-state index contributed by atoms with van der Waals surface area (Å²) < 4.78 is 0. The Morgan fingerprint density at radius 3 is 1.50 bits per heavy atom. The van der Waals surface area contributed by atoms with Gasteiger partial charge >= 0.3 is 0 Å². The second-order valence-corrected chi connectivity index (χ2v) is 4.05. The molecule has 0 fully saturated rings. The van der Waals surface area contributed by atoms with Gasteiger partial charge in [-0.05, 0) is 74.1 Å². The quantitative estimate of drug-likeness (QED) is 0.621. The Balaban J connectivity index is 0.000000171. The summed E-state index contributed by atoms with van der Waals surface area (Å²) >= 11 is 0. The highest BCUT2D eigenvalue weighted by Crippen LogP contribution is 2.44. The molecule has 2 aliphatic rings. The number of aliphatic hydroxyl groups is 1. The molecule has 0 atom stereocenters. The van der Waals surface area contributed by atoms with E-state index in [0.717, 1.165) is 11.8 Å². The molecule has 0 saturated carbocycles. The van der Waals surface area contributed by atoms with Crippen LogP contribution in [0.2, 0.25) is 0 Å². The average molecular weight is 190 g/mol.